The number of carbonyl (C=O) groups is 2. The predicted octanol–water partition coefficient (Wildman–Crippen LogP) is 2.01. The second-order valence-corrected chi connectivity index (χ2v) is 3.27. The van der Waals surface area contributed by atoms with Crippen LogP contribution in [0.25, 0.3) is 0 Å². The summed E-state index contributed by atoms with van der Waals surface area (Å²) in [7, 11) is 0. The SMILES string of the molecule is CCOC(=O)CC(=O)c1cncc(F)c1Cl. The van der Waals surface area contributed by atoms with Crippen molar-refractivity contribution in [2.45, 2.75) is 13.3 Å². The van der Waals surface area contributed by atoms with Crippen molar-refractivity contribution in [3.05, 3.63) is 28.8 Å². The smallest absolute Gasteiger partial charge is 0.313 e. The molecular formula is C10H9ClFNO3. The highest BCUT2D eigenvalue weighted by atomic mass is 35.5. The molecule has 0 spiro atoms. The minimum atomic E-state index is -0.795. The van der Waals surface area contributed by atoms with Gasteiger partial charge in [-0.15, -0.1) is 0 Å². The molecule has 1 rings (SSSR count). The van der Waals surface area contributed by atoms with E-state index in [9.17, 15) is 14.0 Å². The molecule has 1 aromatic rings. The molecule has 0 atom stereocenters. The van der Waals surface area contributed by atoms with E-state index >= 15 is 0 Å². The summed E-state index contributed by atoms with van der Waals surface area (Å²) in [6.45, 7) is 1.81. The zero-order valence-corrected chi connectivity index (χ0v) is 9.25. The maximum Gasteiger partial charge on any atom is 0.313 e. The first-order chi connectivity index (χ1) is 7.56. The van der Waals surface area contributed by atoms with E-state index in [2.05, 4.69) is 9.72 Å². The van der Waals surface area contributed by atoms with Gasteiger partial charge < -0.3 is 4.74 Å². The fraction of sp³-hybridized carbons (Fsp3) is 0.300. The number of Topliss-reactive ketones (excluding diaryl/α,β-unsaturated/α-hetero) is 1. The molecule has 86 valence electrons. The van der Waals surface area contributed by atoms with E-state index in [1.165, 1.54) is 0 Å². The van der Waals surface area contributed by atoms with Gasteiger partial charge in [0.1, 0.15) is 6.42 Å². The van der Waals surface area contributed by atoms with Gasteiger partial charge in [0.2, 0.25) is 0 Å². The zero-order chi connectivity index (χ0) is 12.1. The molecule has 0 amide bonds. The van der Waals surface area contributed by atoms with Crippen molar-refractivity contribution < 1.29 is 18.7 Å². The minimum absolute atomic E-state index is 0.116. The normalized spacial score (nSPS) is 9.94. The Labute approximate surface area is 96.4 Å². The maximum atomic E-state index is 13.0. The van der Waals surface area contributed by atoms with Crippen LogP contribution in [-0.2, 0) is 9.53 Å². The summed E-state index contributed by atoms with van der Waals surface area (Å²) >= 11 is 5.56. The Morgan fingerprint density at radius 1 is 1.50 bits per heavy atom. The topological polar surface area (TPSA) is 56.3 Å². The monoisotopic (exact) mass is 245 g/mol. The number of carbonyl (C=O) groups excluding carboxylic acids is 2. The number of halogens is 2. The first kappa shape index (κ1) is 12.6. The summed E-state index contributed by atoms with van der Waals surface area (Å²) < 4.78 is 17.5. The lowest BCUT2D eigenvalue weighted by Gasteiger charge is -2.03. The van der Waals surface area contributed by atoms with Gasteiger partial charge in [0.25, 0.3) is 0 Å². The lowest BCUT2D eigenvalue weighted by molar-refractivity contribution is -0.141. The highest BCUT2D eigenvalue weighted by Crippen LogP contribution is 2.19. The average Bonchev–Trinajstić information content (AvgIpc) is 2.22. The van der Waals surface area contributed by atoms with E-state index in [4.69, 9.17) is 11.6 Å². The van der Waals surface area contributed by atoms with Crippen LogP contribution in [0, 0.1) is 5.82 Å². The second kappa shape index (κ2) is 5.55. The molecular weight excluding hydrogens is 237 g/mol. The van der Waals surface area contributed by atoms with Crippen molar-refractivity contribution in [3.8, 4) is 0 Å². The van der Waals surface area contributed by atoms with E-state index in [-0.39, 0.29) is 17.2 Å². The van der Waals surface area contributed by atoms with Crippen molar-refractivity contribution in [3.63, 3.8) is 0 Å². The molecule has 0 N–H and O–H groups in total. The van der Waals surface area contributed by atoms with Gasteiger partial charge in [0.15, 0.2) is 11.6 Å². The predicted molar refractivity (Wildman–Crippen MR) is 54.8 cm³/mol. The van der Waals surface area contributed by atoms with Crippen LogP contribution < -0.4 is 0 Å². The van der Waals surface area contributed by atoms with Crippen molar-refractivity contribution in [1.29, 1.82) is 0 Å². The molecule has 0 saturated heterocycles. The van der Waals surface area contributed by atoms with E-state index in [0.29, 0.717) is 0 Å². The van der Waals surface area contributed by atoms with Crippen molar-refractivity contribution in [2.75, 3.05) is 6.61 Å². The van der Waals surface area contributed by atoms with Crippen LogP contribution in [0.5, 0.6) is 0 Å². The Hall–Kier alpha value is -1.49. The van der Waals surface area contributed by atoms with Crippen molar-refractivity contribution in [1.82, 2.24) is 4.98 Å². The number of ether oxygens (including phenoxy) is 1. The maximum absolute atomic E-state index is 13.0. The number of ketones is 1. The van der Waals surface area contributed by atoms with Crippen LogP contribution in [0.3, 0.4) is 0 Å². The quantitative estimate of drug-likeness (QED) is 0.463. The Morgan fingerprint density at radius 3 is 2.81 bits per heavy atom. The molecule has 0 saturated carbocycles. The molecule has 0 radical (unpaired) electrons. The molecule has 0 unspecified atom stereocenters. The molecule has 1 heterocycles. The van der Waals surface area contributed by atoms with Gasteiger partial charge in [-0.3, -0.25) is 14.6 Å². The number of esters is 1. The Balaban J connectivity index is 2.81. The third-order valence-corrected chi connectivity index (χ3v) is 2.13. The summed E-state index contributed by atoms with van der Waals surface area (Å²) in [4.78, 5) is 26.0. The molecule has 1 aromatic heterocycles. The molecule has 0 bridgehead atoms. The first-order valence-corrected chi connectivity index (χ1v) is 4.91. The summed E-state index contributed by atoms with van der Waals surface area (Å²) in [6.07, 6.45) is 1.54. The van der Waals surface area contributed by atoms with E-state index in [1.807, 2.05) is 0 Å². The number of pyridine rings is 1. The molecule has 0 aliphatic rings. The van der Waals surface area contributed by atoms with Crippen LogP contribution >= 0.6 is 11.6 Å². The number of hydrogen-bond donors (Lipinski definition) is 0. The van der Waals surface area contributed by atoms with Gasteiger partial charge in [-0.2, -0.15) is 0 Å². The highest BCUT2D eigenvalue weighted by molar-refractivity contribution is 6.34. The molecule has 4 nitrogen and oxygen atoms in total. The van der Waals surface area contributed by atoms with Gasteiger partial charge in [0, 0.05) is 6.20 Å². The van der Waals surface area contributed by atoms with Gasteiger partial charge >= 0.3 is 5.97 Å². The second-order valence-electron chi connectivity index (χ2n) is 2.89. The van der Waals surface area contributed by atoms with E-state index < -0.39 is 24.0 Å². The van der Waals surface area contributed by atoms with E-state index in [0.717, 1.165) is 12.4 Å². The molecule has 16 heavy (non-hydrogen) atoms. The molecule has 6 heteroatoms. The molecule has 0 aliphatic heterocycles. The van der Waals surface area contributed by atoms with Gasteiger partial charge in [-0.25, -0.2) is 4.39 Å². The molecule has 0 aliphatic carbocycles. The standard InChI is InChI=1S/C10H9ClFNO3/c1-2-16-9(15)3-8(14)6-4-13-5-7(12)10(6)11/h4-5H,2-3H2,1H3. The fourth-order valence-corrected chi connectivity index (χ4v) is 1.25. The van der Waals surface area contributed by atoms with Crippen LogP contribution in [0.15, 0.2) is 12.4 Å². The van der Waals surface area contributed by atoms with Crippen LogP contribution in [0.1, 0.15) is 23.7 Å². The highest BCUT2D eigenvalue weighted by Gasteiger charge is 2.17. The largest absolute Gasteiger partial charge is 0.466 e. The molecule has 0 aromatic carbocycles. The average molecular weight is 246 g/mol. The first-order valence-electron chi connectivity index (χ1n) is 4.54. The van der Waals surface area contributed by atoms with Gasteiger partial charge in [-0.1, -0.05) is 11.6 Å². The lowest BCUT2D eigenvalue weighted by Crippen LogP contribution is -2.12. The van der Waals surface area contributed by atoms with Crippen LogP contribution in [0.4, 0.5) is 4.39 Å². The summed E-state index contributed by atoms with van der Waals surface area (Å²) in [5.74, 6) is -2.08. The number of hydrogen-bond acceptors (Lipinski definition) is 4. The third kappa shape index (κ3) is 3.00. The lowest BCUT2D eigenvalue weighted by atomic mass is 10.1. The van der Waals surface area contributed by atoms with Gasteiger partial charge in [0.05, 0.1) is 23.4 Å². The Bertz CT molecular complexity index is 423. The van der Waals surface area contributed by atoms with Crippen LogP contribution in [-0.4, -0.2) is 23.3 Å². The number of aromatic nitrogens is 1. The third-order valence-electron chi connectivity index (χ3n) is 1.75. The molecule has 0 fully saturated rings. The summed E-state index contributed by atoms with van der Waals surface area (Å²) in [5.41, 5.74) is -0.116. The zero-order valence-electron chi connectivity index (χ0n) is 8.50. The van der Waals surface area contributed by atoms with Crippen molar-refractivity contribution in [2.24, 2.45) is 0 Å². The Morgan fingerprint density at radius 2 is 2.19 bits per heavy atom. The number of nitrogens with zero attached hydrogens (tertiary/aromatic N) is 1. The minimum Gasteiger partial charge on any atom is -0.466 e. The van der Waals surface area contributed by atoms with Crippen molar-refractivity contribution >= 4 is 23.4 Å². The Kier molecular flexibility index (Phi) is 4.37. The summed E-state index contributed by atoms with van der Waals surface area (Å²) in [6, 6.07) is 0. The van der Waals surface area contributed by atoms with Crippen LogP contribution in [0.2, 0.25) is 5.02 Å². The van der Waals surface area contributed by atoms with E-state index in [1.54, 1.807) is 6.92 Å². The number of rotatable bonds is 4. The summed E-state index contributed by atoms with van der Waals surface area (Å²) in [5, 5.41) is -0.329. The van der Waals surface area contributed by atoms with Gasteiger partial charge in [-0.05, 0) is 6.92 Å². The fourth-order valence-electron chi connectivity index (χ4n) is 1.05.